The summed E-state index contributed by atoms with van der Waals surface area (Å²) in [5, 5.41) is 0. The van der Waals surface area contributed by atoms with E-state index in [4.69, 9.17) is 4.74 Å². The van der Waals surface area contributed by atoms with Crippen LogP contribution in [-0.4, -0.2) is 31.6 Å². The third kappa shape index (κ3) is 2.60. The van der Waals surface area contributed by atoms with E-state index in [2.05, 4.69) is 46.7 Å². The topological polar surface area (TPSA) is 12.5 Å². The van der Waals surface area contributed by atoms with Gasteiger partial charge in [0.05, 0.1) is 6.61 Å². The molecule has 1 saturated heterocycles. The molecule has 1 fully saturated rings. The molecule has 76 valence electrons. The van der Waals surface area contributed by atoms with E-state index in [0.29, 0.717) is 0 Å². The van der Waals surface area contributed by atoms with Crippen molar-refractivity contribution < 1.29 is 4.74 Å². The van der Waals surface area contributed by atoms with Crippen molar-refractivity contribution in [2.75, 3.05) is 26.7 Å². The smallest absolute Gasteiger partial charge is 0.120 e. The Morgan fingerprint density at radius 2 is 2.29 bits per heavy atom. The fraction of sp³-hybridized carbons (Fsp3) is 0.455. The zero-order valence-electron chi connectivity index (χ0n) is 8.24. The first-order valence-electron chi connectivity index (χ1n) is 4.81. The van der Waals surface area contributed by atoms with Crippen LogP contribution in [0.5, 0.6) is 5.75 Å². The van der Waals surface area contributed by atoms with Crippen molar-refractivity contribution in [3.05, 3.63) is 27.8 Å². The summed E-state index contributed by atoms with van der Waals surface area (Å²) >= 11 is 2.30. The minimum absolute atomic E-state index is 0.720. The third-order valence-corrected chi connectivity index (χ3v) is 3.09. The minimum Gasteiger partial charge on any atom is -0.493 e. The Balaban J connectivity index is 1.80. The van der Waals surface area contributed by atoms with E-state index < -0.39 is 0 Å². The maximum atomic E-state index is 5.71. The first kappa shape index (κ1) is 10.2. The summed E-state index contributed by atoms with van der Waals surface area (Å²) in [5.74, 6) is 1.71. The molecule has 0 unspecified atom stereocenters. The monoisotopic (exact) mass is 303 g/mol. The molecule has 0 aliphatic carbocycles. The zero-order valence-corrected chi connectivity index (χ0v) is 10.4. The summed E-state index contributed by atoms with van der Waals surface area (Å²) in [6.45, 7) is 3.19. The Bertz CT molecular complexity index is 310. The van der Waals surface area contributed by atoms with Crippen LogP contribution >= 0.6 is 22.6 Å². The van der Waals surface area contributed by atoms with Crippen molar-refractivity contribution in [2.45, 2.75) is 0 Å². The number of likely N-dealkylation sites (tertiary alicyclic amines) is 1. The van der Waals surface area contributed by atoms with Crippen LogP contribution in [0.25, 0.3) is 0 Å². The van der Waals surface area contributed by atoms with E-state index in [9.17, 15) is 0 Å². The lowest BCUT2D eigenvalue weighted by molar-refractivity contribution is 0.0857. The molecule has 0 atom stereocenters. The van der Waals surface area contributed by atoms with Crippen LogP contribution in [0.3, 0.4) is 0 Å². The molecule has 0 spiro atoms. The normalized spacial score (nSPS) is 17.9. The lowest BCUT2D eigenvalue weighted by Gasteiger charge is -2.35. The summed E-state index contributed by atoms with van der Waals surface area (Å²) in [5.41, 5.74) is 0. The second kappa shape index (κ2) is 4.49. The van der Waals surface area contributed by atoms with E-state index in [0.717, 1.165) is 18.3 Å². The van der Waals surface area contributed by atoms with Crippen molar-refractivity contribution in [1.29, 1.82) is 0 Å². The largest absolute Gasteiger partial charge is 0.493 e. The quantitative estimate of drug-likeness (QED) is 0.794. The molecule has 1 heterocycles. The van der Waals surface area contributed by atoms with Gasteiger partial charge in [0.2, 0.25) is 0 Å². The number of rotatable bonds is 3. The number of hydrogen-bond acceptors (Lipinski definition) is 2. The molecule has 2 rings (SSSR count). The van der Waals surface area contributed by atoms with Crippen LogP contribution in [0, 0.1) is 9.49 Å². The molecule has 2 nitrogen and oxygen atoms in total. The SMILES string of the molecule is CN1CC(COc2cccc(I)c2)C1. The Hall–Kier alpha value is -0.290. The van der Waals surface area contributed by atoms with Gasteiger partial charge in [-0.2, -0.15) is 0 Å². The van der Waals surface area contributed by atoms with Crippen molar-refractivity contribution in [3.63, 3.8) is 0 Å². The van der Waals surface area contributed by atoms with Gasteiger partial charge in [0, 0.05) is 22.6 Å². The molecule has 1 aliphatic heterocycles. The zero-order chi connectivity index (χ0) is 9.97. The molecule has 0 amide bonds. The van der Waals surface area contributed by atoms with Crippen LogP contribution in [0.1, 0.15) is 0 Å². The second-order valence-electron chi connectivity index (χ2n) is 3.86. The molecule has 0 saturated carbocycles. The van der Waals surface area contributed by atoms with Gasteiger partial charge in [0.1, 0.15) is 5.75 Å². The summed E-state index contributed by atoms with van der Waals surface area (Å²) in [4.78, 5) is 2.31. The van der Waals surface area contributed by atoms with Gasteiger partial charge in [-0.25, -0.2) is 0 Å². The molecule has 1 aliphatic rings. The highest BCUT2D eigenvalue weighted by Crippen LogP contribution is 2.18. The maximum absolute atomic E-state index is 5.71. The highest BCUT2D eigenvalue weighted by Gasteiger charge is 2.23. The Morgan fingerprint density at radius 3 is 2.93 bits per heavy atom. The summed E-state index contributed by atoms with van der Waals surface area (Å²) in [6.07, 6.45) is 0. The molecule has 1 aromatic carbocycles. The average molecular weight is 303 g/mol. The van der Waals surface area contributed by atoms with Crippen LogP contribution in [0.2, 0.25) is 0 Å². The van der Waals surface area contributed by atoms with Gasteiger partial charge in [0.25, 0.3) is 0 Å². The van der Waals surface area contributed by atoms with Gasteiger partial charge < -0.3 is 9.64 Å². The van der Waals surface area contributed by atoms with Crippen LogP contribution < -0.4 is 4.74 Å². The van der Waals surface area contributed by atoms with Crippen LogP contribution in [0.15, 0.2) is 24.3 Å². The molecule has 1 aromatic rings. The molecule has 3 heteroatoms. The van der Waals surface area contributed by atoms with Crippen molar-refractivity contribution >= 4 is 22.6 Å². The summed E-state index contributed by atoms with van der Waals surface area (Å²) < 4.78 is 6.94. The van der Waals surface area contributed by atoms with Crippen molar-refractivity contribution in [2.24, 2.45) is 5.92 Å². The number of benzene rings is 1. The number of hydrogen-bond donors (Lipinski definition) is 0. The molecule has 0 N–H and O–H groups in total. The summed E-state index contributed by atoms with van der Waals surface area (Å²) in [6, 6.07) is 8.20. The molecule has 0 radical (unpaired) electrons. The minimum atomic E-state index is 0.720. The Kier molecular flexibility index (Phi) is 3.28. The number of ether oxygens (including phenoxy) is 1. The fourth-order valence-electron chi connectivity index (χ4n) is 1.70. The summed E-state index contributed by atoms with van der Waals surface area (Å²) in [7, 11) is 2.14. The van der Waals surface area contributed by atoms with Gasteiger partial charge in [-0.05, 0) is 47.8 Å². The molecular formula is C11H14INO. The lowest BCUT2D eigenvalue weighted by Crippen LogP contribution is -2.46. The van der Waals surface area contributed by atoms with Crippen LogP contribution in [-0.2, 0) is 0 Å². The molecular weight excluding hydrogens is 289 g/mol. The maximum Gasteiger partial charge on any atom is 0.120 e. The predicted octanol–water partition coefficient (Wildman–Crippen LogP) is 2.23. The molecule has 0 bridgehead atoms. The lowest BCUT2D eigenvalue weighted by atomic mass is 10.0. The van der Waals surface area contributed by atoms with Gasteiger partial charge in [0.15, 0.2) is 0 Å². The average Bonchev–Trinajstić information content (AvgIpc) is 2.11. The standard InChI is InChI=1S/C11H14INO/c1-13-6-9(7-13)8-14-11-4-2-3-10(12)5-11/h2-5,9H,6-8H2,1H3. The molecule has 14 heavy (non-hydrogen) atoms. The van der Waals surface area contributed by atoms with E-state index in [1.807, 2.05) is 12.1 Å². The molecule has 0 aromatic heterocycles. The van der Waals surface area contributed by atoms with Crippen molar-refractivity contribution in [1.82, 2.24) is 4.90 Å². The van der Waals surface area contributed by atoms with Gasteiger partial charge in [-0.3, -0.25) is 0 Å². The van der Waals surface area contributed by atoms with E-state index >= 15 is 0 Å². The Morgan fingerprint density at radius 1 is 1.50 bits per heavy atom. The number of nitrogens with zero attached hydrogens (tertiary/aromatic N) is 1. The predicted molar refractivity (Wildman–Crippen MR) is 65.6 cm³/mol. The van der Waals surface area contributed by atoms with Gasteiger partial charge in [-0.15, -0.1) is 0 Å². The highest BCUT2D eigenvalue weighted by molar-refractivity contribution is 14.1. The fourth-order valence-corrected chi connectivity index (χ4v) is 2.22. The van der Waals surface area contributed by atoms with Crippen molar-refractivity contribution in [3.8, 4) is 5.75 Å². The number of halogens is 1. The van der Waals surface area contributed by atoms with Crippen LogP contribution in [0.4, 0.5) is 0 Å². The van der Waals surface area contributed by atoms with Gasteiger partial charge in [-0.1, -0.05) is 6.07 Å². The van der Waals surface area contributed by atoms with Gasteiger partial charge >= 0.3 is 0 Å². The first-order chi connectivity index (χ1) is 6.74. The van der Waals surface area contributed by atoms with E-state index in [1.165, 1.54) is 16.7 Å². The van der Waals surface area contributed by atoms with E-state index in [-0.39, 0.29) is 0 Å². The first-order valence-corrected chi connectivity index (χ1v) is 5.89. The second-order valence-corrected chi connectivity index (χ2v) is 5.10. The third-order valence-electron chi connectivity index (χ3n) is 2.42. The van der Waals surface area contributed by atoms with E-state index in [1.54, 1.807) is 0 Å². The Labute approximate surface area is 98.4 Å². The highest BCUT2D eigenvalue weighted by atomic mass is 127.